The maximum atomic E-state index is 12.8. The maximum absolute atomic E-state index is 12.8. The lowest BCUT2D eigenvalue weighted by Crippen LogP contribution is -2.28. The Hall–Kier alpha value is -2.31. The summed E-state index contributed by atoms with van der Waals surface area (Å²) in [7, 11) is 5.77. The van der Waals surface area contributed by atoms with Crippen LogP contribution in [0, 0.1) is 0 Å². The molecule has 0 saturated heterocycles. The van der Waals surface area contributed by atoms with Gasteiger partial charge in [-0.25, -0.2) is 0 Å². The number of nitrogens with one attached hydrogen (secondary N) is 1. The lowest BCUT2D eigenvalue weighted by molar-refractivity contribution is 0.0949. The predicted molar refractivity (Wildman–Crippen MR) is 105 cm³/mol. The fourth-order valence-corrected chi connectivity index (χ4v) is 3.93. The quantitative estimate of drug-likeness (QED) is 0.823. The summed E-state index contributed by atoms with van der Waals surface area (Å²) in [4.78, 5) is 30.8. The van der Waals surface area contributed by atoms with Crippen molar-refractivity contribution in [2.45, 2.75) is 16.2 Å². The van der Waals surface area contributed by atoms with Gasteiger partial charge in [0.15, 0.2) is 0 Å². The second kappa shape index (κ2) is 7.93. The molecule has 1 aliphatic rings. The molecule has 3 rings (SSSR count). The molecule has 2 aromatic carbocycles. The fourth-order valence-electron chi connectivity index (χ4n) is 2.85. The largest absolute Gasteiger partial charge is 0.352 e. The summed E-state index contributed by atoms with van der Waals surface area (Å²) in [5.74, 6) is -0.172. The molecule has 1 N–H and O–H groups in total. The van der Waals surface area contributed by atoms with Gasteiger partial charge in [0, 0.05) is 28.9 Å². The van der Waals surface area contributed by atoms with Crippen molar-refractivity contribution < 1.29 is 9.59 Å². The average molecular weight is 369 g/mol. The summed E-state index contributed by atoms with van der Waals surface area (Å²) in [6, 6.07) is 13.1. The molecule has 0 bridgehead atoms. The molecule has 136 valence electrons. The van der Waals surface area contributed by atoms with Gasteiger partial charge in [-0.15, -0.1) is 0 Å². The second-order valence-electron chi connectivity index (χ2n) is 6.56. The van der Waals surface area contributed by atoms with E-state index in [4.69, 9.17) is 0 Å². The molecule has 1 aliphatic heterocycles. The molecule has 0 aromatic heterocycles. The van der Waals surface area contributed by atoms with Gasteiger partial charge >= 0.3 is 0 Å². The van der Waals surface area contributed by atoms with Crippen molar-refractivity contribution in [3.05, 3.63) is 53.6 Å². The molecule has 26 heavy (non-hydrogen) atoms. The van der Waals surface area contributed by atoms with Crippen LogP contribution in [-0.4, -0.2) is 50.9 Å². The van der Waals surface area contributed by atoms with E-state index in [9.17, 15) is 9.59 Å². The summed E-state index contributed by atoms with van der Waals surface area (Å²) in [5.41, 5.74) is 2.02. The van der Waals surface area contributed by atoms with E-state index in [1.807, 2.05) is 50.5 Å². The van der Waals surface area contributed by atoms with Crippen LogP contribution in [0.2, 0.25) is 0 Å². The minimum absolute atomic E-state index is 0.0598. The van der Waals surface area contributed by atoms with Crippen LogP contribution in [0.15, 0.2) is 52.3 Å². The number of carbonyl (C=O) groups is 2. The Morgan fingerprint density at radius 1 is 1.15 bits per heavy atom. The smallest absolute Gasteiger partial charge is 0.259 e. The first-order valence-electron chi connectivity index (χ1n) is 8.59. The average Bonchev–Trinajstić information content (AvgIpc) is 2.74. The lowest BCUT2D eigenvalue weighted by atomic mass is 10.1. The van der Waals surface area contributed by atoms with Crippen molar-refractivity contribution in [1.82, 2.24) is 10.2 Å². The van der Waals surface area contributed by atoms with Gasteiger partial charge in [-0.2, -0.15) is 0 Å². The van der Waals surface area contributed by atoms with Gasteiger partial charge in [0.05, 0.1) is 11.3 Å². The molecule has 0 fully saturated rings. The van der Waals surface area contributed by atoms with Gasteiger partial charge < -0.3 is 15.1 Å². The monoisotopic (exact) mass is 369 g/mol. The van der Waals surface area contributed by atoms with Crippen LogP contribution < -0.4 is 10.2 Å². The minimum atomic E-state index is -0.112. The van der Waals surface area contributed by atoms with E-state index in [0.29, 0.717) is 17.7 Å². The molecule has 0 unspecified atom stereocenters. The highest BCUT2D eigenvalue weighted by molar-refractivity contribution is 7.99. The molecule has 6 heteroatoms. The first-order valence-corrected chi connectivity index (χ1v) is 9.41. The molecule has 0 radical (unpaired) electrons. The standard InChI is InChI=1S/C20H23N3O2S/c1-22(2)12-6-11-21-19(24)14-9-10-18-16(13-14)23(3)20(25)15-7-4-5-8-17(15)26-18/h4-5,7-10,13H,6,11-12H2,1-3H3,(H,21,24). The first kappa shape index (κ1) is 18.5. The zero-order chi connectivity index (χ0) is 18.7. The number of amides is 2. The number of hydrogen-bond donors (Lipinski definition) is 1. The number of carbonyl (C=O) groups excluding carboxylic acids is 2. The highest BCUT2D eigenvalue weighted by Crippen LogP contribution is 2.41. The highest BCUT2D eigenvalue weighted by Gasteiger charge is 2.25. The van der Waals surface area contributed by atoms with Gasteiger partial charge in [0.2, 0.25) is 0 Å². The number of fused-ring (bicyclic) bond motifs is 2. The van der Waals surface area contributed by atoms with Crippen molar-refractivity contribution in [2.24, 2.45) is 0 Å². The Morgan fingerprint density at radius 2 is 1.92 bits per heavy atom. The Morgan fingerprint density at radius 3 is 2.69 bits per heavy atom. The molecular weight excluding hydrogens is 346 g/mol. The molecule has 5 nitrogen and oxygen atoms in total. The second-order valence-corrected chi connectivity index (χ2v) is 7.64. The van der Waals surface area contributed by atoms with Gasteiger partial charge in [0.1, 0.15) is 0 Å². The van der Waals surface area contributed by atoms with Crippen LogP contribution in [0.1, 0.15) is 27.1 Å². The van der Waals surface area contributed by atoms with E-state index in [0.717, 1.165) is 28.4 Å². The summed E-state index contributed by atoms with van der Waals surface area (Å²) < 4.78 is 0. The topological polar surface area (TPSA) is 52.7 Å². The number of anilines is 1. The van der Waals surface area contributed by atoms with Gasteiger partial charge in [-0.1, -0.05) is 23.9 Å². The number of rotatable bonds is 5. The fraction of sp³-hybridized carbons (Fsp3) is 0.300. The first-order chi connectivity index (χ1) is 12.5. The summed E-state index contributed by atoms with van der Waals surface area (Å²) in [6.07, 6.45) is 0.896. The number of nitrogens with zero attached hydrogens (tertiary/aromatic N) is 2. The van der Waals surface area contributed by atoms with Crippen LogP contribution in [0.5, 0.6) is 0 Å². The van der Waals surface area contributed by atoms with E-state index >= 15 is 0 Å². The Bertz CT molecular complexity index is 836. The minimum Gasteiger partial charge on any atom is -0.352 e. The number of benzene rings is 2. The van der Waals surface area contributed by atoms with Crippen LogP contribution >= 0.6 is 11.8 Å². The molecule has 2 amide bonds. The number of hydrogen-bond acceptors (Lipinski definition) is 4. The molecular formula is C20H23N3O2S. The predicted octanol–water partition coefficient (Wildman–Crippen LogP) is 3.11. The van der Waals surface area contributed by atoms with Crippen LogP contribution in [0.3, 0.4) is 0 Å². The zero-order valence-corrected chi connectivity index (χ0v) is 16.1. The van der Waals surface area contributed by atoms with E-state index in [-0.39, 0.29) is 11.8 Å². The van der Waals surface area contributed by atoms with Crippen LogP contribution in [0.25, 0.3) is 0 Å². The summed E-state index contributed by atoms with van der Waals surface area (Å²) in [6.45, 7) is 1.56. The Balaban J connectivity index is 1.80. The molecule has 0 aliphatic carbocycles. The third-order valence-corrected chi connectivity index (χ3v) is 5.43. The third-order valence-electron chi connectivity index (χ3n) is 4.29. The normalized spacial score (nSPS) is 13.2. The van der Waals surface area contributed by atoms with Crippen molar-refractivity contribution in [3.63, 3.8) is 0 Å². The van der Waals surface area contributed by atoms with Gasteiger partial charge in [0.25, 0.3) is 11.8 Å². The van der Waals surface area contributed by atoms with Crippen molar-refractivity contribution in [2.75, 3.05) is 39.1 Å². The van der Waals surface area contributed by atoms with E-state index in [2.05, 4.69) is 10.2 Å². The molecule has 1 heterocycles. The van der Waals surface area contributed by atoms with Gasteiger partial charge in [-0.05, 0) is 57.4 Å². The Kier molecular flexibility index (Phi) is 5.64. The van der Waals surface area contributed by atoms with Crippen molar-refractivity contribution in [3.8, 4) is 0 Å². The van der Waals surface area contributed by atoms with Crippen LogP contribution in [-0.2, 0) is 0 Å². The third kappa shape index (κ3) is 3.92. The zero-order valence-electron chi connectivity index (χ0n) is 15.3. The molecule has 0 atom stereocenters. The SMILES string of the molecule is CN(C)CCCNC(=O)c1ccc2c(c1)N(C)C(=O)c1ccccc1S2. The summed E-state index contributed by atoms with van der Waals surface area (Å²) >= 11 is 1.56. The van der Waals surface area contributed by atoms with E-state index < -0.39 is 0 Å². The molecule has 2 aromatic rings. The highest BCUT2D eigenvalue weighted by atomic mass is 32.2. The van der Waals surface area contributed by atoms with Crippen molar-refractivity contribution >= 4 is 29.3 Å². The van der Waals surface area contributed by atoms with E-state index in [1.165, 1.54) is 0 Å². The van der Waals surface area contributed by atoms with E-state index in [1.54, 1.807) is 29.8 Å². The van der Waals surface area contributed by atoms with Crippen LogP contribution in [0.4, 0.5) is 5.69 Å². The summed E-state index contributed by atoms with van der Waals surface area (Å²) in [5, 5.41) is 2.94. The lowest BCUT2D eigenvalue weighted by Gasteiger charge is -2.18. The molecule has 0 spiro atoms. The van der Waals surface area contributed by atoms with Gasteiger partial charge in [-0.3, -0.25) is 9.59 Å². The Labute approximate surface area is 158 Å². The van der Waals surface area contributed by atoms with Crippen molar-refractivity contribution in [1.29, 1.82) is 0 Å². The maximum Gasteiger partial charge on any atom is 0.259 e. The molecule has 0 saturated carbocycles.